The van der Waals surface area contributed by atoms with Crippen molar-refractivity contribution in [2.75, 3.05) is 0 Å². The molecule has 0 aliphatic rings. The van der Waals surface area contributed by atoms with E-state index in [1.165, 1.54) is 0 Å². The molecule has 4 rings (SSSR count). The van der Waals surface area contributed by atoms with Crippen LogP contribution in [0.2, 0.25) is 10.0 Å². The first kappa shape index (κ1) is 18.4. The van der Waals surface area contributed by atoms with Crippen LogP contribution in [-0.4, -0.2) is 30.3 Å². The topological polar surface area (TPSA) is 91.4 Å². The number of fused-ring (bicyclic) bond motifs is 2. The highest BCUT2D eigenvalue weighted by molar-refractivity contribution is 6.36. The van der Waals surface area contributed by atoms with E-state index in [-0.39, 0.29) is 25.1 Å². The fourth-order valence-electron chi connectivity index (χ4n) is 2.74. The number of imidazole rings is 1. The Morgan fingerprint density at radius 3 is 2.86 bits per heavy atom. The van der Waals surface area contributed by atoms with Gasteiger partial charge in [-0.05, 0) is 18.2 Å². The molecule has 0 bridgehead atoms. The van der Waals surface area contributed by atoms with Crippen LogP contribution in [0.1, 0.15) is 12.1 Å². The molecule has 3 aromatic heterocycles. The van der Waals surface area contributed by atoms with Crippen LogP contribution in [0.4, 0.5) is 0 Å². The molecule has 0 atom stereocenters. The summed E-state index contributed by atoms with van der Waals surface area (Å²) in [5.74, 6) is -0.483. The number of halogens is 2. The van der Waals surface area contributed by atoms with Gasteiger partial charge in [-0.25, -0.2) is 9.67 Å². The van der Waals surface area contributed by atoms with Crippen molar-refractivity contribution in [3.05, 3.63) is 68.8 Å². The van der Waals surface area contributed by atoms with Crippen molar-refractivity contribution in [2.45, 2.75) is 19.6 Å². The largest absolute Gasteiger partial charge is 0.459 e. The zero-order valence-corrected chi connectivity index (χ0v) is 15.9. The third kappa shape index (κ3) is 3.69. The highest BCUT2D eigenvalue weighted by Crippen LogP contribution is 2.22. The minimum Gasteiger partial charge on any atom is -0.459 e. The Morgan fingerprint density at radius 2 is 2.00 bits per heavy atom. The predicted molar refractivity (Wildman–Crippen MR) is 103 cm³/mol. The number of benzene rings is 1. The lowest BCUT2D eigenvalue weighted by Gasteiger charge is -2.05. The molecule has 3 heterocycles. The third-order valence-corrected chi connectivity index (χ3v) is 4.55. The van der Waals surface area contributed by atoms with Crippen molar-refractivity contribution in [1.29, 1.82) is 0 Å². The zero-order chi connectivity index (χ0) is 19.7. The zero-order valence-electron chi connectivity index (χ0n) is 14.4. The summed E-state index contributed by atoms with van der Waals surface area (Å²) >= 11 is 12.0. The van der Waals surface area contributed by atoms with Gasteiger partial charge in [0.25, 0.3) is 5.56 Å². The predicted octanol–water partition coefficient (Wildman–Crippen LogP) is 2.88. The molecule has 0 unspecified atom stereocenters. The molecule has 0 amide bonds. The first-order chi connectivity index (χ1) is 13.5. The highest BCUT2D eigenvalue weighted by Gasteiger charge is 2.11. The number of pyridine rings is 1. The summed E-state index contributed by atoms with van der Waals surface area (Å²) in [6.45, 7) is 0.0505. The summed E-state index contributed by atoms with van der Waals surface area (Å²) in [5.41, 5.74) is 1.26. The second-order valence-electron chi connectivity index (χ2n) is 6.01. The maximum Gasteiger partial charge on any atom is 0.308 e. The maximum atomic E-state index is 12.4. The lowest BCUT2D eigenvalue weighted by molar-refractivity contribution is -0.145. The third-order valence-electron chi connectivity index (χ3n) is 4.06. The van der Waals surface area contributed by atoms with Crippen molar-refractivity contribution in [1.82, 2.24) is 24.4 Å². The van der Waals surface area contributed by atoms with Gasteiger partial charge < -0.3 is 9.14 Å². The lowest BCUT2D eigenvalue weighted by Crippen LogP contribution is -2.25. The molecule has 142 valence electrons. The molecule has 1 aromatic carbocycles. The van der Waals surface area contributed by atoms with E-state index in [4.69, 9.17) is 27.9 Å². The van der Waals surface area contributed by atoms with Crippen molar-refractivity contribution in [3.8, 4) is 0 Å². The van der Waals surface area contributed by atoms with Gasteiger partial charge in [-0.1, -0.05) is 40.5 Å². The number of ether oxygens (including phenoxy) is 1. The molecule has 0 saturated heterocycles. The minimum absolute atomic E-state index is 0.0209. The molecule has 10 heteroatoms. The fraction of sp³-hybridized carbons (Fsp3) is 0.167. The van der Waals surface area contributed by atoms with Crippen LogP contribution >= 0.6 is 23.2 Å². The minimum atomic E-state index is -0.483. The number of carbonyl (C=O) groups is 1. The molecule has 0 saturated carbocycles. The number of rotatable bonds is 5. The van der Waals surface area contributed by atoms with Gasteiger partial charge in [0, 0.05) is 12.4 Å². The normalized spacial score (nSPS) is 11.2. The molecule has 4 aromatic rings. The van der Waals surface area contributed by atoms with Crippen molar-refractivity contribution in [2.24, 2.45) is 0 Å². The van der Waals surface area contributed by atoms with Crippen LogP contribution in [0.25, 0.3) is 16.6 Å². The first-order valence-electron chi connectivity index (χ1n) is 8.32. The monoisotopic (exact) mass is 417 g/mol. The number of hydrogen-bond donors (Lipinski definition) is 0. The quantitative estimate of drug-likeness (QED) is 0.463. The van der Waals surface area contributed by atoms with Crippen molar-refractivity contribution in [3.63, 3.8) is 0 Å². The van der Waals surface area contributed by atoms with Gasteiger partial charge in [-0.2, -0.15) is 0 Å². The SMILES string of the molecule is O=C(CCn1nnc2ccccc2c1=O)OCc1cn2cc(Cl)cc(Cl)c2n1. The lowest BCUT2D eigenvalue weighted by atomic mass is 10.2. The molecule has 8 nitrogen and oxygen atoms in total. The molecule has 0 N–H and O–H groups in total. The van der Waals surface area contributed by atoms with Crippen LogP contribution in [0.15, 0.2) is 47.5 Å². The Balaban J connectivity index is 1.39. The van der Waals surface area contributed by atoms with Crippen LogP contribution < -0.4 is 5.56 Å². The second kappa shape index (κ2) is 7.57. The Hall–Kier alpha value is -2.97. The average molecular weight is 418 g/mol. The standard InChI is InChI=1S/C18H13Cl2N5O3/c19-11-7-14(20)17-21-12(9-24(17)8-11)10-28-16(26)5-6-25-18(27)13-3-1-2-4-15(13)22-23-25/h1-4,7-9H,5-6,10H2. The van der Waals surface area contributed by atoms with Gasteiger partial charge >= 0.3 is 5.97 Å². The molecule has 28 heavy (non-hydrogen) atoms. The van der Waals surface area contributed by atoms with Gasteiger partial charge in [0.05, 0.1) is 34.1 Å². The Morgan fingerprint density at radius 1 is 1.18 bits per heavy atom. The van der Waals surface area contributed by atoms with Crippen molar-refractivity contribution >= 4 is 45.7 Å². The molecular weight excluding hydrogens is 405 g/mol. The van der Waals surface area contributed by atoms with Gasteiger partial charge in [-0.15, -0.1) is 5.10 Å². The van der Waals surface area contributed by atoms with Crippen LogP contribution in [0.5, 0.6) is 0 Å². The molecule has 0 fully saturated rings. The Bertz CT molecular complexity index is 1250. The summed E-state index contributed by atoms with van der Waals surface area (Å²) in [6, 6.07) is 8.49. The summed E-state index contributed by atoms with van der Waals surface area (Å²) in [4.78, 5) is 28.7. The number of carbonyl (C=O) groups excluding carboxylic acids is 1. The van der Waals surface area contributed by atoms with E-state index >= 15 is 0 Å². The van der Waals surface area contributed by atoms with Gasteiger partial charge in [0.15, 0.2) is 5.65 Å². The van der Waals surface area contributed by atoms with Gasteiger partial charge in [0.2, 0.25) is 0 Å². The summed E-state index contributed by atoms with van der Waals surface area (Å²) in [7, 11) is 0. The Kier molecular flexibility index (Phi) is 4.97. The average Bonchev–Trinajstić information content (AvgIpc) is 3.09. The number of nitrogens with zero attached hydrogens (tertiary/aromatic N) is 5. The van der Waals surface area contributed by atoms with Gasteiger partial charge in [0.1, 0.15) is 12.1 Å². The maximum absolute atomic E-state index is 12.4. The van der Waals surface area contributed by atoms with E-state index in [2.05, 4.69) is 15.3 Å². The number of aryl methyl sites for hydroxylation is 1. The molecule has 0 radical (unpaired) electrons. The van der Waals surface area contributed by atoms with E-state index in [0.29, 0.717) is 32.3 Å². The van der Waals surface area contributed by atoms with E-state index in [0.717, 1.165) is 4.68 Å². The number of esters is 1. The summed E-state index contributed by atoms with van der Waals surface area (Å²) in [5, 5.41) is 9.15. The van der Waals surface area contributed by atoms with Crippen LogP contribution in [0.3, 0.4) is 0 Å². The van der Waals surface area contributed by atoms with E-state index < -0.39 is 5.97 Å². The van der Waals surface area contributed by atoms with Gasteiger partial charge in [-0.3, -0.25) is 9.59 Å². The van der Waals surface area contributed by atoms with Crippen LogP contribution in [-0.2, 0) is 22.7 Å². The number of hydrogen-bond acceptors (Lipinski definition) is 6. The first-order valence-corrected chi connectivity index (χ1v) is 9.07. The summed E-state index contributed by atoms with van der Waals surface area (Å²) < 4.78 is 8.04. The fourth-order valence-corrected chi connectivity index (χ4v) is 3.27. The molecule has 0 spiro atoms. The second-order valence-corrected chi connectivity index (χ2v) is 6.86. The Labute approximate surface area is 168 Å². The van der Waals surface area contributed by atoms with E-state index in [1.54, 1.807) is 47.1 Å². The van der Waals surface area contributed by atoms with E-state index in [9.17, 15) is 9.59 Å². The smallest absolute Gasteiger partial charge is 0.308 e. The molecular formula is C18H13Cl2N5O3. The van der Waals surface area contributed by atoms with E-state index in [1.807, 2.05) is 0 Å². The van der Waals surface area contributed by atoms with Crippen molar-refractivity contribution < 1.29 is 9.53 Å². The highest BCUT2D eigenvalue weighted by atomic mass is 35.5. The molecule has 0 aliphatic heterocycles. The van der Waals surface area contributed by atoms with Crippen LogP contribution in [0, 0.1) is 0 Å². The molecule has 0 aliphatic carbocycles. The number of aromatic nitrogens is 5. The summed E-state index contributed by atoms with van der Waals surface area (Å²) in [6.07, 6.45) is 3.32.